The Morgan fingerprint density at radius 3 is 2.38 bits per heavy atom. The molecule has 0 aliphatic heterocycles. The van der Waals surface area contributed by atoms with Crippen molar-refractivity contribution < 1.29 is 4.79 Å². The lowest BCUT2D eigenvalue weighted by molar-refractivity contribution is -0.120. The van der Waals surface area contributed by atoms with Crippen molar-refractivity contribution in [3.8, 4) is 0 Å². The van der Waals surface area contributed by atoms with Crippen LogP contribution < -0.4 is 5.32 Å². The predicted molar refractivity (Wildman–Crippen MR) is 86.3 cm³/mol. The van der Waals surface area contributed by atoms with E-state index >= 15 is 0 Å². The van der Waals surface area contributed by atoms with Gasteiger partial charge in [0.25, 0.3) is 0 Å². The zero-order chi connectivity index (χ0) is 14.7. The molecule has 1 fully saturated rings. The maximum absolute atomic E-state index is 12.2. The molecule has 108 valence electrons. The third-order valence-corrected chi connectivity index (χ3v) is 4.03. The summed E-state index contributed by atoms with van der Waals surface area (Å²) < 4.78 is 0. The van der Waals surface area contributed by atoms with E-state index in [1.807, 2.05) is 18.2 Å². The molecule has 1 unspecified atom stereocenters. The van der Waals surface area contributed by atoms with E-state index in [9.17, 15) is 4.79 Å². The molecule has 0 heterocycles. The van der Waals surface area contributed by atoms with Crippen LogP contribution in [0.15, 0.2) is 54.6 Å². The minimum absolute atomic E-state index is 0.0574. The van der Waals surface area contributed by atoms with Gasteiger partial charge in [-0.05, 0) is 37.5 Å². The highest BCUT2D eigenvalue weighted by molar-refractivity contribution is 5.84. The Bertz CT molecular complexity index is 599. The van der Waals surface area contributed by atoms with Crippen LogP contribution in [0.3, 0.4) is 0 Å². The Hall–Kier alpha value is -2.09. The van der Waals surface area contributed by atoms with Gasteiger partial charge in [-0.15, -0.1) is 0 Å². The molecule has 1 N–H and O–H groups in total. The van der Waals surface area contributed by atoms with Gasteiger partial charge in [-0.25, -0.2) is 0 Å². The number of rotatable bonds is 6. The molecule has 0 spiro atoms. The average Bonchev–Trinajstić information content (AvgIpc) is 3.34. The van der Waals surface area contributed by atoms with Crippen LogP contribution in [0, 0.1) is 12.8 Å². The van der Waals surface area contributed by atoms with Crippen LogP contribution in [-0.4, -0.2) is 5.78 Å². The summed E-state index contributed by atoms with van der Waals surface area (Å²) >= 11 is 0. The minimum atomic E-state index is 0.0574. The Labute approximate surface area is 126 Å². The summed E-state index contributed by atoms with van der Waals surface area (Å²) in [6.45, 7) is 2.08. The van der Waals surface area contributed by atoms with E-state index in [4.69, 9.17) is 0 Å². The molecule has 0 amide bonds. The third-order valence-electron chi connectivity index (χ3n) is 4.03. The van der Waals surface area contributed by atoms with Crippen molar-refractivity contribution in [2.24, 2.45) is 5.92 Å². The van der Waals surface area contributed by atoms with Crippen LogP contribution in [-0.2, 0) is 4.79 Å². The lowest BCUT2D eigenvalue weighted by Crippen LogP contribution is -2.16. The van der Waals surface area contributed by atoms with Crippen molar-refractivity contribution in [2.45, 2.75) is 32.2 Å². The maximum Gasteiger partial charge on any atom is 0.138 e. The average molecular weight is 279 g/mol. The number of Topliss-reactive ketones (excluding diaryl/α,β-unsaturated/α-hetero) is 1. The highest BCUT2D eigenvalue weighted by Crippen LogP contribution is 2.34. The molecule has 2 aromatic carbocycles. The lowest BCUT2D eigenvalue weighted by atomic mass is 9.99. The van der Waals surface area contributed by atoms with Gasteiger partial charge in [-0.3, -0.25) is 4.79 Å². The first-order chi connectivity index (χ1) is 10.2. The molecular formula is C19H21NO. The van der Waals surface area contributed by atoms with Crippen molar-refractivity contribution in [3.63, 3.8) is 0 Å². The SMILES string of the molecule is Cc1ccc(NC(CC(=O)C2CC2)c2ccccc2)cc1. The van der Waals surface area contributed by atoms with E-state index in [1.165, 1.54) is 11.1 Å². The molecular weight excluding hydrogens is 258 g/mol. The first-order valence-electron chi connectivity index (χ1n) is 7.63. The molecule has 2 heteroatoms. The van der Waals surface area contributed by atoms with Gasteiger partial charge in [-0.2, -0.15) is 0 Å². The Kier molecular flexibility index (Phi) is 4.05. The summed E-state index contributed by atoms with van der Waals surface area (Å²) in [5, 5.41) is 3.52. The number of aryl methyl sites for hydroxylation is 1. The van der Waals surface area contributed by atoms with Gasteiger partial charge >= 0.3 is 0 Å². The van der Waals surface area contributed by atoms with Gasteiger partial charge in [0.2, 0.25) is 0 Å². The largest absolute Gasteiger partial charge is 0.378 e. The third kappa shape index (κ3) is 3.72. The number of hydrogen-bond acceptors (Lipinski definition) is 2. The zero-order valence-corrected chi connectivity index (χ0v) is 12.4. The molecule has 1 atom stereocenters. The number of ketones is 1. The molecule has 21 heavy (non-hydrogen) atoms. The van der Waals surface area contributed by atoms with Gasteiger partial charge in [-0.1, -0.05) is 48.0 Å². The molecule has 1 aliphatic carbocycles. The first kappa shape index (κ1) is 13.9. The smallest absolute Gasteiger partial charge is 0.138 e. The topological polar surface area (TPSA) is 29.1 Å². The standard InChI is InChI=1S/C19H21NO/c1-14-7-11-17(12-8-14)20-18(13-19(21)16-9-10-16)15-5-3-2-4-6-15/h2-8,11-12,16,18,20H,9-10,13H2,1H3. The molecule has 0 saturated heterocycles. The highest BCUT2D eigenvalue weighted by Gasteiger charge is 2.31. The quantitative estimate of drug-likeness (QED) is 0.842. The van der Waals surface area contributed by atoms with Crippen LogP contribution >= 0.6 is 0 Å². The van der Waals surface area contributed by atoms with Gasteiger partial charge in [0.1, 0.15) is 5.78 Å². The molecule has 2 nitrogen and oxygen atoms in total. The number of carbonyl (C=O) groups excluding carboxylic acids is 1. The van der Waals surface area contributed by atoms with Crippen molar-refractivity contribution in [2.75, 3.05) is 5.32 Å². The summed E-state index contributed by atoms with van der Waals surface area (Å²) in [5.74, 6) is 0.708. The summed E-state index contributed by atoms with van der Waals surface area (Å²) in [6.07, 6.45) is 2.72. The maximum atomic E-state index is 12.2. The lowest BCUT2D eigenvalue weighted by Gasteiger charge is -2.20. The fraction of sp³-hybridized carbons (Fsp3) is 0.316. The second-order valence-electron chi connectivity index (χ2n) is 5.92. The fourth-order valence-corrected chi connectivity index (χ4v) is 2.56. The van der Waals surface area contributed by atoms with Gasteiger partial charge < -0.3 is 5.32 Å². The van der Waals surface area contributed by atoms with Crippen LogP contribution in [0.4, 0.5) is 5.69 Å². The predicted octanol–water partition coefficient (Wildman–Crippen LogP) is 4.52. The van der Waals surface area contributed by atoms with Crippen LogP contribution in [0.1, 0.15) is 36.4 Å². The van der Waals surface area contributed by atoms with Crippen molar-refractivity contribution in [3.05, 3.63) is 65.7 Å². The summed E-state index contributed by atoms with van der Waals surface area (Å²) in [6, 6.07) is 18.6. The number of anilines is 1. The molecule has 3 rings (SSSR count). The molecule has 1 aliphatic rings. The van der Waals surface area contributed by atoms with Crippen LogP contribution in [0.25, 0.3) is 0 Å². The van der Waals surface area contributed by atoms with Crippen LogP contribution in [0.5, 0.6) is 0 Å². The Balaban J connectivity index is 1.77. The number of hydrogen-bond donors (Lipinski definition) is 1. The number of nitrogens with one attached hydrogen (secondary N) is 1. The minimum Gasteiger partial charge on any atom is -0.378 e. The van der Waals surface area contributed by atoms with E-state index in [-0.39, 0.29) is 6.04 Å². The van der Waals surface area contributed by atoms with E-state index in [0.29, 0.717) is 18.1 Å². The van der Waals surface area contributed by atoms with E-state index < -0.39 is 0 Å². The van der Waals surface area contributed by atoms with Crippen molar-refractivity contribution >= 4 is 11.5 Å². The monoisotopic (exact) mass is 279 g/mol. The highest BCUT2D eigenvalue weighted by atomic mass is 16.1. The second-order valence-corrected chi connectivity index (χ2v) is 5.92. The molecule has 0 aromatic heterocycles. The van der Waals surface area contributed by atoms with Gasteiger partial charge in [0, 0.05) is 18.0 Å². The molecule has 0 radical (unpaired) electrons. The number of benzene rings is 2. The van der Waals surface area contributed by atoms with Gasteiger partial charge in [0.05, 0.1) is 6.04 Å². The summed E-state index contributed by atoms with van der Waals surface area (Å²) in [5.41, 5.74) is 3.48. The zero-order valence-electron chi connectivity index (χ0n) is 12.4. The molecule has 2 aromatic rings. The summed E-state index contributed by atoms with van der Waals surface area (Å²) in [7, 11) is 0. The first-order valence-corrected chi connectivity index (χ1v) is 7.63. The Morgan fingerprint density at radius 1 is 1.10 bits per heavy atom. The Morgan fingerprint density at radius 2 is 1.76 bits per heavy atom. The molecule has 0 bridgehead atoms. The number of carbonyl (C=O) groups is 1. The van der Waals surface area contributed by atoms with E-state index in [2.05, 4.69) is 48.6 Å². The fourth-order valence-electron chi connectivity index (χ4n) is 2.56. The van der Waals surface area contributed by atoms with Crippen LogP contribution in [0.2, 0.25) is 0 Å². The second kappa shape index (κ2) is 6.13. The van der Waals surface area contributed by atoms with Crippen molar-refractivity contribution in [1.29, 1.82) is 0 Å². The normalized spacial score (nSPS) is 15.5. The van der Waals surface area contributed by atoms with E-state index in [1.54, 1.807) is 0 Å². The molecule has 1 saturated carbocycles. The van der Waals surface area contributed by atoms with Crippen molar-refractivity contribution in [1.82, 2.24) is 0 Å². The van der Waals surface area contributed by atoms with E-state index in [0.717, 1.165) is 18.5 Å². The summed E-state index contributed by atoms with van der Waals surface area (Å²) in [4.78, 5) is 12.2. The van der Waals surface area contributed by atoms with Gasteiger partial charge in [0.15, 0.2) is 0 Å².